The monoisotopic (exact) mass is 356 g/mol. The molecular formula is C17H15BrN3O+. The van der Waals surface area contributed by atoms with Gasteiger partial charge in [0, 0.05) is 15.1 Å². The molecule has 0 bridgehead atoms. The van der Waals surface area contributed by atoms with Crippen LogP contribution in [0.1, 0.15) is 15.9 Å². The summed E-state index contributed by atoms with van der Waals surface area (Å²) in [5.41, 5.74) is 2.91. The van der Waals surface area contributed by atoms with Gasteiger partial charge >= 0.3 is 0 Å². The van der Waals surface area contributed by atoms with Gasteiger partial charge in [-0.2, -0.15) is 0 Å². The largest absolute Gasteiger partial charge is 0.290 e. The Morgan fingerprint density at radius 3 is 2.50 bits per heavy atom. The summed E-state index contributed by atoms with van der Waals surface area (Å²) in [6.07, 6.45) is 3.53. The number of halogens is 1. The highest BCUT2D eigenvalue weighted by molar-refractivity contribution is 9.10. The molecule has 0 aliphatic heterocycles. The molecule has 0 amide bonds. The lowest BCUT2D eigenvalue weighted by Crippen LogP contribution is -2.27. The lowest BCUT2D eigenvalue weighted by molar-refractivity contribution is -0.596. The van der Waals surface area contributed by atoms with Crippen LogP contribution in [0.4, 0.5) is 0 Å². The molecule has 4 nitrogen and oxygen atoms in total. The summed E-state index contributed by atoms with van der Waals surface area (Å²) in [7, 11) is 0. The van der Waals surface area contributed by atoms with Gasteiger partial charge in [-0.3, -0.25) is 4.79 Å². The first-order chi connectivity index (χ1) is 10.6. The maximum atomic E-state index is 12.2. The van der Waals surface area contributed by atoms with Crippen molar-refractivity contribution >= 4 is 21.7 Å². The van der Waals surface area contributed by atoms with Crippen molar-refractivity contribution in [3.05, 3.63) is 76.8 Å². The highest BCUT2D eigenvalue weighted by atomic mass is 79.9. The van der Waals surface area contributed by atoms with Crippen LogP contribution in [-0.4, -0.2) is 15.6 Å². The minimum Gasteiger partial charge on any atom is -0.290 e. The van der Waals surface area contributed by atoms with Crippen LogP contribution in [0.3, 0.4) is 0 Å². The molecule has 0 spiro atoms. The van der Waals surface area contributed by atoms with Gasteiger partial charge in [-0.1, -0.05) is 45.8 Å². The van der Waals surface area contributed by atoms with Gasteiger partial charge in [0.05, 0.1) is 0 Å². The number of hydrogen-bond donors (Lipinski definition) is 0. The zero-order valence-corrected chi connectivity index (χ0v) is 13.7. The first kappa shape index (κ1) is 14.7. The van der Waals surface area contributed by atoms with E-state index in [9.17, 15) is 4.79 Å². The van der Waals surface area contributed by atoms with Crippen molar-refractivity contribution in [1.29, 1.82) is 0 Å². The van der Waals surface area contributed by atoms with E-state index in [1.165, 1.54) is 5.56 Å². The Bertz CT molecular complexity index is 792. The van der Waals surface area contributed by atoms with Gasteiger partial charge in [-0.05, 0) is 31.2 Å². The van der Waals surface area contributed by atoms with Gasteiger partial charge in [0.15, 0.2) is 12.3 Å². The van der Waals surface area contributed by atoms with Gasteiger partial charge in [0.2, 0.25) is 6.33 Å². The van der Waals surface area contributed by atoms with Crippen molar-refractivity contribution in [2.45, 2.75) is 13.5 Å². The molecule has 110 valence electrons. The van der Waals surface area contributed by atoms with Gasteiger partial charge < -0.3 is 0 Å². The zero-order chi connectivity index (χ0) is 15.5. The van der Waals surface area contributed by atoms with E-state index in [4.69, 9.17) is 0 Å². The van der Waals surface area contributed by atoms with Gasteiger partial charge in [-0.25, -0.2) is 4.57 Å². The number of ketones is 1. The summed E-state index contributed by atoms with van der Waals surface area (Å²) in [5.74, 6) is 0.0339. The SMILES string of the molecule is Cc1ccc(-[n+]2cnn(CC(=O)c3ccc(Br)cc3)c2)cc1. The second-order valence-electron chi connectivity index (χ2n) is 5.12. The Labute approximate surface area is 137 Å². The third-order valence-electron chi connectivity index (χ3n) is 3.39. The maximum absolute atomic E-state index is 12.2. The van der Waals surface area contributed by atoms with Gasteiger partial charge in [-0.15, -0.1) is 4.68 Å². The van der Waals surface area contributed by atoms with Gasteiger partial charge in [0.25, 0.3) is 6.33 Å². The van der Waals surface area contributed by atoms with Crippen molar-refractivity contribution in [3.8, 4) is 5.69 Å². The van der Waals surface area contributed by atoms with Crippen LogP contribution in [0.2, 0.25) is 0 Å². The van der Waals surface area contributed by atoms with Crippen molar-refractivity contribution in [3.63, 3.8) is 0 Å². The number of aryl methyl sites for hydroxylation is 1. The first-order valence-electron chi connectivity index (χ1n) is 6.91. The van der Waals surface area contributed by atoms with Crippen LogP contribution in [0.25, 0.3) is 5.69 Å². The fourth-order valence-electron chi connectivity index (χ4n) is 2.13. The molecule has 0 atom stereocenters. The number of benzene rings is 2. The molecule has 5 heteroatoms. The van der Waals surface area contributed by atoms with Crippen LogP contribution in [0.15, 0.2) is 65.7 Å². The fourth-order valence-corrected chi connectivity index (χ4v) is 2.40. The van der Waals surface area contributed by atoms with Crippen LogP contribution >= 0.6 is 15.9 Å². The third-order valence-corrected chi connectivity index (χ3v) is 3.91. The molecule has 1 heterocycles. The Morgan fingerprint density at radius 2 is 1.82 bits per heavy atom. The minimum absolute atomic E-state index is 0.0339. The normalized spacial score (nSPS) is 10.6. The van der Waals surface area contributed by atoms with Crippen molar-refractivity contribution in [1.82, 2.24) is 9.78 Å². The predicted octanol–water partition coefficient (Wildman–Crippen LogP) is 3.11. The predicted molar refractivity (Wildman–Crippen MR) is 87.0 cm³/mol. The standard InChI is InChI=1S/C17H15BrN3O/c1-13-2-8-16(9-3-13)20-11-19-21(12-20)10-17(22)14-4-6-15(18)7-5-14/h2-9,11-12H,10H2,1H3/q+1. The quantitative estimate of drug-likeness (QED) is 0.532. The third kappa shape index (κ3) is 3.31. The van der Waals surface area contributed by atoms with Crippen molar-refractivity contribution in [2.75, 3.05) is 0 Å². The number of nitrogens with zero attached hydrogens (tertiary/aromatic N) is 3. The zero-order valence-electron chi connectivity index (χ0n) is 12.1. The van der Waals surface area contributed by atoms with E-state index in [0.717, 1.165) is 10.2 Å². The average molecular weight is 357 g/mol. The van der Waals surface area contributed by atoms with E-state index >= 15 is 0 Å². The molecule has 0 saturated carbocycles. The number of Topliss-reactive ketones (excluding diaryl/α,β-unsaturated/α-hetero) is 1. The molecule has 0 aliphatic carbocycles. The fraction of sp³-hybridized carbons (Fsp3) is 0.118. The molecule has 22 heavy (non-hydrogen) atoms. The molecule has 1 aromatic heterocycles. The highest BCUT2D eigenvalue weighted by Crippen LogP contribution is 2.11. The van der Waals surface area contributed by atoms with Crippen molar-refractivity contribution < 1.29 is 9.36 Å². The summed E-state index contributed by atoms with van der Waals surface area (Å²) in [4.78, 5) is 12.2. The second-order valence-corrected chi connectivity index (χ2v) is 6.03. The highest BCUT2D eigenvalue weighted by Gasteiger charge is 2.13. The van der Waals surface area contributed by atoms with Crippen LogP contribution < -0.4 is 4.57 Å². The van der Waals surface area contributed by atoms with Gasteiger partial charge in [0.1, 0.15) is 5.69 Å². The Hall–Kier alpha value is -2.27. The van der Waals surface area contributed by atoms with Crippen LogP contribution in [0, 0.1) is 6.92 Å². The summed E-state index contributed by atoms with van der Waals surface area (Å²) >= 11 is 3.36. The van der Waals surface area contributed by atoms with Crippen LogP contribution in [-0.2, 0) is 6.54 Å². The first-order valence-corrected chi connectivity index (χ1v) is 7.71. The molecule has 0 saturated heterocycles. The van der Waals surface area contributed by atoms with Crippen molar-refractivity contribution in [2.24, 2.45) is 0 Å². The summed E-state index contributed by atoms with van der Waals surface area (Å²) in [6, 6.07) is 15.5. The smallest absolute Gasteiger partial charge is 0.270 e. The number of carbonyl (C=O) groups is 1. The summed E-state index contributed by atoms with van der Waals surface area (Å²) in [6.45, 7) is 2.27. The number of hydrogen-bond acceptors (Lipinski definition) is 2. The molecule has 3 rings (SSSR count). The lowest BCUT2D eigenvalue weighted by Gasteiger charge is -1.98. The van der Waals surface area contributed by atoms with E-state index in [2.05, 4.69) is 28.0 Å². The van der Waals surface area contributed by atoms with E-state index in [1.54, 1.807) is 11.0 Å². The molecule has 0 N–H and O–H groups in total. The summed E-state index contributed by atoms with van der Waals surface area (Å²) < 4.78 is 4.50. The number of aromatic nitrogens is 3. The molecular weight excluding hydrogens is 342 g/mol. The molecule has 0 fully saturated rings. The number of rotatable bonds is 4. The van der Waals surface area contributed by atoms with Crippen LogP contribution in [0.5, 0.6) is 0 Å². The Balaban J connectivity index is 1.75. The Morgan fingerprint density at radius 1 is 1.14 bits per heavy atom. The molecule has 0 aliphatic rings. The molecule has 2 aromatic carbocycles. The molecule has 3 aromatic rings. The second kappa shape index (κ2) is 6.23. The lowest BCUT2D eigenvalue weighted by atomic mass is 10.1. The van der Waals surface area contributed by atoms with E-state index in [0.29, 0.717) is 5.56 Å². The number of carbonyl (C=O) groups excluding carboxylic acids is 1. The van der Waals surface area contributed by atoms with E-state index in [-0.39, 0.29) is 12.3 Å². The van der Waals surface area contributed by atoms with E-state index in [1.807, 2.05) is 59.4 Å². The Kier molecular flexibility index (Phi) is 4.15. The minimum atomic E-state index is 0.0339. The topological polar surface area (TPSA) is 38.8 Å². The molecule has 0 radical (unpaired) electrons. The van der Waals surface area contributed by atoms with E-state index < -0.39 is 0 Å². The maximum Gasteiger partial charge on any atom is 0.270 e. The summed E-state index contributed by atoms with van der Waals surface area (Å²) in [5, 5.41) is 4.25. The average Bonchev–Trinajstić information content (AvgIpc) is 2.97. The molecule has 0 unspecified atom stereocenters.